The molecule has 2 N–H and O–H groups in total. The van der Waals surface area contributed by atoms with Crippen molar-refractivity contribution in [2.24, 2.45) is 22.7 Å². The molecule has 0 bridgehead atoms. The lowest BCUT2D eigenvalue weighted by Crippen LogP contribution is -2.70. The number of hydrogen-bond donors (Lipinski definition) is 2. The molecule has 4 aliphatic carbocycles. The lowest BCUT2D eigenvalue weighted by atomic mass is 9.44. The standard InChI is InChI=1S/C24H29FO7/c1-20(2)31-17-10-15-14-6-5-12-9-13(26)7-8-21(12,3)23(14,25)16(27)11-22(15,4)24(17,32-20)18(28)19(29)30/h7-9,14-17,27H,5-6,10-11H2,1-4H3,(H,29,30)/t14-,15+,16-,17-,21-,22-,23+,24-/m0/s1. The number of rotatable bonds is 2. The van der Waals surface area contributed by atoms with E-state index in [0.717, 1.165) is 0 Å². The molecule has 7 nitrogen and oxygen atoms in total. The van der Waals surface area contributed by atoms with Crippen LogP contribution in [0.2, 0.25) is 0 Å². The van der Waals surface area contributed by atoms with E-state index >= 15 is 4.39 Å². The minimum absolute atomic E-state index is 0.149. The molecule has 0 aromatic heterocycles. The van der Waals surface area contributed by atoms with Gasteiger partial charge in [0.05, 0.1) is 12.2 Å². The fourth-order valence-corrected chi connectivity index (χ4v) is 7.86. The summed E-state index contributed by atoms with van der Waals surface area (Å²) < 4.78 is 29.3. The van der Waals surface area contributed by atoms with Crippen LogP contribution in [-0.2, 0) is 23.9 Å². The Bertz CT molecular complexity index is 1000. The minimum atomic E-state index is -2.07. The zero-order chi connectivity index (χ0) is 23.5. The SMILES string of the molecule is CC1(C)O[C@H]2C[C@@H]3[C@@H]4CCC5=CC(=O)C=C[C@]5(C)[C@]4(F)[C@@H](O)C[C@]3(C)[C@]2(C(=O)C(=O)O)O1. The predicted molar refractivity (Wildman–Crippen MR) is 109 cm³/mol. The number of aliphatic hydroxyl groups excluding tert-OH is 1. The first-order chi connectivity index (χ1) is 14.7. The molecular weight excluding hydrogens is 419 g/mol. The number of carboxylic acid groups (broad SMARTS) is 1. The molecular formula is C24H29FO7. The van der Waals surface area contributed by atoms with Gasteiger partial charge in [-0.05, 0) is 64.5 Å². The Morgan fingerprint density at radius 2 is 1.88 bits per heavy atom. The largest absolute Gasteiger partial charge is 0.475 e. The van der Waals surface area contributed by atoms with E-state index in [9.17, 15) is 24.6 Å². The van der Waals surface area contributed by atoms with Crippen molar-refractivity contribution in [2.45, 2.75) is 82.6 Å². The smallest absolute Gasteiger partial charge is 0.375 e. The third kappa shape index (κ3) is 2.28. The van der Waals surface area contributed by atoms with Crippen molar-refractivity contribution in [3.8, 4) is 0 Å². The van der Waals surface area contributed by atoms with Crippen LogP contribution in [0.1, 0.15) is 53.4 Å². The van der Waals surface area contributed by atoms with Gasteiger partial charge in [-0.15, -0.1) is 0 Å². The molecule has 5 rings (SSSR count). The molecule has 0 aromatic carbocycles. The number of ether oxygens (including phenoxy) is 2. The Balaban J connectivity index is 1.65. The van der Waals surface area contributed by atoms with Crippen LogP contribution < -0.4 is 0 Å². The van der Waals surface area contributed by atoms with E-state index in [1.807, 2.05) is 0 Å². The second-order valence-corrected chi connectivity index (χ2v) is 11.0. The molecule has 0 amide bonds. The van der Waals surface area contributed by atoms with Gasteiger partial charge in [-0.2, -0.15) is 0 Å². The molecule has 4 fully saturated rings. The topological polar surface area (TPSA) is 110 Å². The molecule has 5 aliphatic rings. The molecule has 1 aliphatic heterocycles. The second-order valence-electron chi connectivity index (χ2n) is 11.0. The van der Waals surface area contributed by atoms with E-state index in [1.165, 1.54) is 12.2 Å². The van der Waals surface area contributed by atoms with Crippen molar-refractivity contribution in [3.63, 3.8) is 0 Å². The van der Waals surface area contributed by atoms with Crippen LogP contribution in [0.15, 0.2) is 23.8 Å². The fraction of sp³-hybridized carbons (Fsp3) is 0.708. The summed E-state index contributed by atoms with van der Waals surface area (Å²) in [6, 6.07) is 0. The highest BCUT2D eigenvalue weighted by Crippen LogP contribution is 2.72. The van der Waals surface area contributed by atoms with Crippen LogP contribution >= 0.6 is 0 Å². The number of alkyl halides is 1. The lowest BCUT2D eigenvalue weighted by molar-refractivity contribution is -0.245. The fourth-order valence-electron chi connectivity index (χ4n) is 7.86. The van der Waals surface area contributed by atoms with Gasteiger partial charge in [0, 0.05) is 16.7 Å². The number of Topliss-reactive ketones (excluding diaryl/α,β-unsaturated/α-hetero) is 1. The van der Waals surface area contributed by atoms with Crippen LogP contribution in [-0.4, -0.2) is 57.0 Å². The molecule has 0 aromatic rings. The van der Waals surface area contributed by atoms with Gasteiger partial charge in [-0.3, -0.25) is 9.59 Å². The molecule has 1 heterocycles. The number of halogens is 1. The zero-order valence-electron chi connectivity index (χ0n) is 18.7. The van der Waals surface area contributed by atoms with Crippen molar-refractivity contribution < 1.29 is 38.5 Å². The monoisotopic (exact) mass is 448 g/mol. The highest BCUT2D eigenvalue weighted by atomic mass is 19.1. The summed E-state index contributed by atoms with van der Waals surface area (Å²) in [5.41, 5.74) is -5.50. The van der Waals surface area contributed by atoms with Gasteiger partial charge in [0.25, 0.3) is 5.78 Å². The number of fused-ring (bicyclic) bond motifs is 7. The van der Waals surface area contributed by atoms with E-state index in [2.05, 4.69) is 0 Å². The highest BCUT2D eigenvalue weighted by Gasteiger charge is 2.80. The van der Waals surface area contributed by atoms with Gasteiger partial charge in [-0.1, -0.05) is 18.6 Å². The van der Waals surface area contributed by atoms with E-state index in [1.54, 1.807) is 33.8 Å². The Hall–Kier alpha value is -1.90. The van der Waals surface area contributed by atoms with Gasteiger partial charge in [0.2, 0.25) is 0 Å². The molecule has 174 valence electrons. The van der Waals surface area contributed by atoms with Crippen LogP contribution in [0, 0.1) is 22.7 Å². The molecule has 3 saturated carbocycles. The average molecular weight is 448 g/mol. The Morgan fingerprint density at radius 3 is 2.53 bits per heavy atom. The zero-order valence-corrected chi connectivity index (χ0v) is 18.7. The normalized spacial score (nSPS) is 50.7. The molecule has 8 heteroatoms. The maximum absolute atomic E-state index is 17.1. The van der Waals surface area contributed by atoms with Gasteiger partial charge in [0.15, 0.2) is 22.8 Å². The third-order valence-electron chi connectivity index (χ3n) is 9.17. The van der Waals surface area contributed by atoms with E-state index < -0.39 is 63.7 Å². The predicted octanol–water partition coefficient (Wildman–Crippen LogP) is 2.51. The molecule has 0 radical (unpaired) electrons. The molecule has 0 spiro atoms. The quantitative estimate of drug-likeness (QED) is 0.625. The summed E-state index contributed by atoms with van der Waals surface area (Å²) in [5, 5.41) is 21.0. The highest BCUT2D eigenvalue weighted by molar-refractivity contribution is 6.36. The summed E-state index contributed by atoms with van der Waals surface area (Å²) >= 11 is 0. The summed E-state index contributed by atoms with van der Waals surface area (Å²) in [4.78, 5) is 37.0. The number of aliphatic hydroxyl groups is 1. The van der Waals surface area contributed by atoms with Gasteiger partial charge < -0.3 is 19.7 Å². The number of aliphatic carboxylic acids is 1. The van der Waals surface area contributed by atoms with Crippen LogP contribution in [0.4, 0.5) is 4.39 Å². The van der Waals surface area contributed by atoms with Gasteiger partial charge >= 0.3 is 5.97 Å². The number of carbonyl (C=O) groups is 3. The molecule has 0 unspecified atom stereocenters. The summed E-state index contributed by atoms with van der Waals surface area (Å²) in [7, 11) is 0. The number of carboxylic acids is 1. The first-order valence-corrected chi connectivity index (χ1v) is 11.2. The maximum atomic E-state index is 17.1. The summed E-state index contributed by atoms with van der Waals surface area (Å²) in [6.07, 6.45) is 3.02. The Labute approximate surface area is 185 Å². The second kappa shape index (κ2) is 6.15. The van der Waals surface area contributed by atoms with E-state index in [4.69, 9.17) is 9.47 Å². The van der Waals surface area contributed by atoms with E-state index in [-0.39, 0.29) is 18.6 Å². The molecule has 32 heavy (non-hydrogen) atoms. The summed E-state index contributed by atoms with van der Waals surface area (Å²) in [6.45, 7) is 6.70. The first-order valence-electron chi connectivity index (χ1n) is 11.2. The minimum Gasteiger partial charge on any atom is -0.475 e. The number of carbonyl (C=O) groups excluding carboxylic acids is 2. The third-order valence-corrected chi connectivity index (χ3v) is 9.17. The van der Waals surface area contributed by atoms with Gasteiger partial charge in [-0.25, -0.2) is 9.18 Å². The van der Waals surface area contributed by atoms with Crippen molar-refractivity contribution in [1.29, 1.82) is 0 Å². The van der Waals surface area contributed by atoms with Crippen molar-refractivity contribution >= 4 is 17.5 Å². The summed E-state index contributed by atoms with van der Waals surface area (Å²) in [5.74, 6) is -5.21. The van der Waals surface area contributed by atoms with Crippen LogP contribution in [0.25, 0.3) is 0 Å². The Morgan fingerprint density at radius 1 is 1.19 bits per heavy atom. The first kappa shape index (κ1) is 21.9. The number of allylic oxidation sites excluding steroid dienone is 4. The van der Waals surface area contributed by atoms with E-state index in [0.29, 0.717) is 18.4 Å². The van der Waals surface area contributed by atoms with Crippen molar-refractivity contribution in [1.82, 2.24) is 0 Å². The van der Waals surface area contributed by atoms with Crippen molar-refractivity contribution in [3.05, 3.63) is 23.8 Å². The number of hydrogen-bond acceptors (Lipinski definition) is 6. The molecule has 8 atom stereocenters. The molecule has 1 saturated heterocycles. The lowest BCUT2D eigenvalue weighted by Gasteiger charge is -2.62. The van der Waals surface area contributed by atoms with Crippen molar-refractivity contribution in [2.75, 3.05) is 0 Å². The Kier molecular flexibility index (Phi) is 4.22. The van der Waals surface area contributed by atoms with Crippen LogP contribution in [0.3, 0.4) is 0 Å². The average Bonchev–Trinajstić information content (AvgIpc) is 3.09. The van der Waals surface area contributed by atoms with Crippen LogP contribution in [0.5, 0.6) is 0 Å². The maximum Gasteiger partial charge on any atom is 0.375 e. The van der Waals surface area contributed by atoms with Gasteiger partial charge in [0.1, 0.15) is 0 Å². The number of ketones is 2.